The van der Waals surface area contributed by atoms with E-state index >= 15 is 0 Å². The van der Waals surface area contributed by atoms with Crippen LogP contribution >= 0.6 is 0 Å². The van der Waals surface area contributed by atoms with Crippen LogP contribution in [0.1, 0.15) is 34.6 Å². The van der Waals surface area contributed by atoms with Gasteiger partial charge in [0.25, 0.3) is 0 Å². The van der Waals surface area contributed by atoms with E-state index in [1.807, 2.05) is 0 Å². The van der Waals surface area contributed by atoms with Crippen molar-refractivity contribution in [3.05, 3.63) is 71.8 Å². The second-order valence-corrected chi connectivity index (χ2v) is 6.93. The van der Waals surface area contributed by atoms with E-state index in [-0.39, 0.29) is 12.2 Å². The van der Waals surface area contributed by atoms with Gasteiger partial charge in [-0.3, -0.25) is 9.59 Å². The van der Waals surface area contributed by atoms with Gasteiger partial charge in [0, 0.05) is 13.8 Å². The van der Waals surface area contributed by atoms with Crippen molar-refractivity contribution in [1.29, 1.82) is 0 Å². The first-order chi connectivity index (χ1) is 15.3. The molecule has 0 radical (unpaired) electrons. The Kier molecular flexibility index (Phi) is 7.56. The Labute approximate surface area is 184 Å². The monoisotopic (exact) mass is 442 g/mol. The molecule has 0 bridgehead atoms. The number of carbonyl (C=O) groups excluding carboxylic acids is 4. The molecule has 1 aliphatic heterocycles. The van der Waals surface area contributed by atoms with Crippen molar-refractivity contribution in [3.8, 4) is 0 Å². The molecule has 0 spiro atoms. The zero-order valence-electron chi connectivity index (χ0n) is 17.5. The molecule has 2 aromatic carbocycles. The SMILES string of the molecule is CC(=O)O[C@@H]1O[C@@H](COC(=O)c2ccccc2)[C@@H](OC(=O)c2ccccc2)[C@@H]1OC(C)=O. The molecule has 1 aliphatic rings. The van der Waals surface area contributed by atoms with E-state index in [0.717, 1.165) is 13.8 Å². The Balaban J connectivity index is 1.80. The van der Waals surface area contributed by atoms with Gasteiger partial charge >= 0.3 is 23.9 Å². The van der Waals surface area contributed by atoms with Gasteiger partial charge in [-0.25, -0.2) is 9.59 Å². The van der Waals surface area contributed by atoms with E-state index in [9.17, 15) is 19.2 Å². The van der Waals surface area contributed by atoms with Gasteiger partial charge in [0.1, 0.15) is 12.7 Å². The molecule has 0 unspecified atom stereocenters. The molecule has 1 saturated heterocycles. The average molecular weight is 442 g/mol. The number of rotatable bonds is 7. The van der Waals surface area contributed by atoms with Crippen LogP contribution in [0.2, 0.25) is 0 Å². The van der Waals surface area contributed by atoms with E-state index in [1.165, 1.54) is 0 Å². The Bertz CT molecular complexity index is 958. The molecule has 2 aromatic rings. The third-order valence-electron chi connectivity index (χ3n) is 4.49. The number of benzene rings is 2. The van der Waals surface area contributed by atoms with Crippen molar-refractivity contribution in [2.24, 2.45) is 0 Å². The third kappa shape index (κ3) is 5.92. The van der Waals surface area contributed by atoms with Gasteiger partial charge in [0.2, 0.25) is 12.4 Å². The van der Waals surface area contributed by atoms with Crippen molar-refractivity contribution in [2.75, 3.05) is 6.61 Å². The first kappa shape index (κ1) is 23.0. The minimum Gasteiger partial charge on any atom is -0.459 e. The van der Waals surface area contributed by atoms with E-state index in [0.29, 0.717) is 5.56 Å². The highest BCUT2D eigenvalue weighted by atomic mass is 16.8. The topological polar surface area (TPSA) is 114 Å². The fourth-order valence-corrected chi connectivity index (χ4v) is 3.12. The van der Waals surface area contributed by atoms with E-state index in [4.69, 9.17) is 23.7 Å². The Hall–Kier alpha value is -3.72. The third-order valence-corrected chi connectivity index (χ3v) is 4.49. The van der Waals surface area contributed by atoms with Gasteiger partial charge in [-0.15, -0.1) is 0 Å². The van der Waals surface area contributed by atoms with Gasteiger partial charge in [-0.1, -0.05) is 36.4 Å². The highest BCUT2D eigenvalue weighted by Crippen LogP contribution is 2.29. The summed E-state index contributed by atoms with van der Waals surface area (Å²) >= 11 is 0. The Morgan fingerprint density at radius 1 is 0.719 bits per heavy atom. The van der Waals surface area contributed by atoms with E-state index in [1.54, 1.807) is 60.7 Å². The molecule has 0 saturated carbocycles. The minimum atomic E-state index is -1.34. The summed E-state index contributed by atoms with van der Waals surface area (Å²) < 4.78 is 26.8. The highest BCUT2D eigenvalue weighted by Gasteiger charge is 2.51. The fourth-order valence-electron chi connectivity index (χ4n) is 3.12. The van der Waals surface area contributed by atoms with Gasteiger partial charge in [-0.05, 0) is 24.3 Å². The standard InChI is InChI=1S/C23H22O9/c1-14(24)29-20-19(32-22(27)17-11-7-4-8-12-17)18(31-23(20)30-15(2)25)13-28-21(26)16-9-5-3-6-10-16/h3-12,18-20,23H,13H2,1-2H3/t18-,19+,20-,23+/m0/s1. The van der Waals surface area contributed by atoms with Crippen LogP contribution in [0.5, 0.6) is 0 Å². The zero-order chi connectivity index (χ0) is 23.1. The number of esters is 4. The summed E-state index contributed by atoms with van der Waals surface area (Å²) in [4.78, 5) is 48.1. The zero-order valence-corrected chi connectivity index (χ0v) is 17.5. The molecule has 1 heterocycles. The lowest BCUT2D eigenvalue weighted by Gasteiger charge is -2.23. The van der Waals surface area contributed by atoms with Crippen molar-refractivity contribution in [1.82, 2.24) is 0 Å². The smallest absolute Gasteiger partial charge is 0.338 e. The highest BCUT2D eigenvalue weighted by molar-refractivity contribution is 5.90. The second-order valence-electron chi connectivity index (χ2n) is 6.93. The van der Waals surface area contributed by atoms with Crippen LogP contribution in [-0.4, -0.2) is 55.1 Å². The summed E-state index contributed by atoms with van der Waals surface area (Å²) in [6.45, 7) is 1.97. The molecule has 168 valence electrons. The predicted octanol–water partition coefficient (Wildman–Crippen LogP) is 2.29. The quantitative estimate of drug-likeness (QED) is 0.470. The van der Waals surface area contributed by atoms with Crippen molar-refractivity contribution in [2.45, 2.75) is 38.4 Å². The number of ether oxygens (including phenoxy) is 5. The summed E-state index contributed by atoms with van der Waals surface area (Å²) in [5, 5.41) is 0. The molecule has 3 rings (SSSR count). The molecular formula is C23H22O9. The molecule has 9 heteroatoms. The van der Waals surface area contributed by atoms with Crippen LogP contribution in [0, 0.1) is 0 Å². The predicted molar refractivity (Wildman–Crippen MR) is 108 cm³/mol. The summed E-state index contributed by atoms with van der Waals surface area (Å²) in [5.74, 6) is -2.72. The second kappa shape index (κ2) is 10.5. The van der Waals surface area contributed by atoms with Crippen LogP contribution < -0.4 is 0 Å². The number of hydrogen-bond donors (Lipinski definition) is 0. The molecule has 4 atom stereocenters. The molecule has 0 aliphatic carbocycles. The molecule has 1 fully saturated rings. The van der Waals surface area contributed by atoms with E-state index in [2.05, 4.69) is 0 Å². The normalized spacial score (nSPS) is 21.9. The average Bonchev–Trinajstić information content (AvgIpc) is 3.08. The molecule has 0 aromatic heterocycles. The van der Waals surface area contributed by atoms with Gasteiger partial charge < -0.3 is 23.7 Å². The van der Waals surface area contributed by atoms with Gasteiger partial charge in [0.15, 0.2) is 6.10 Å². The largest absolute Gasteiger partial charge is 0.459 e. The minimum absolute atomic E-state index is 0.255. The Morgan fingerprint density at radius 3 is 1.78 bits per heavy atom. The lowest BCUT2D eigenvalue weighted by molar-refractivity contribution is -0.196. The molecular weight excluding hydrogens is 420 g/mol. The molecule has 0 N–H and O–H groups in total. The fraction of sp³-hybridized carbons (Fsp3) is 0.304. The summed E-state index contributed by atoms with van der Waals surface area (Å²) in [6.07, 6.45) is -4.83. The molecule has 9 nitrogen and oxygen atoms in total. The molecule has 32 heavy (non-hydrogen) atoms. The van der Waals surface area contributed by atoms with Crippen LogP contribution in [-0.2, 0) is 33.3 Å². The lowest BCUT2D eigenvalue weighted by atomic mass is 10.1. The maximum atomic E-state index is 12.6. The summed E-state index contributed by atoms with van der Waals surface area (Å²) in [5.41, 5.74) is 0.571. The van der Waals surface area contributed by atoms with Crippen LogP contribution in [0.4, 0.5) is 0 Å². The summed E-state index contributed by atoms with van der Waals surface area (Å²) in [6, 6.07) is 16.4. The Morgan fingerprint density at radius 2 is 1.25 bits per heavy atom. The maximum absolute atomic E-state index is 12.6. The van der Waals surface area contributed by atoms with Crippen molar-refractivity contribution >= 4 is 23.9 Å². The van der Waals surface area contributed by atoms with E-state index < -0.39 is 48.5 Å². The van der Waals surface area contributed by atoms with Crippen LogP contribution in [0.3, 0.4) is 0 Å². The van der Waals surface area contributed by atoms with Crippen LogP contribution in [0.15, 0.2) is 60.7 Å². The first-order valence-corrected chi connectivity index (χ1v) is 9.83. The van der Waals surface area contributed by atoms with Gasteiger partial charge in [0.05, 0.1) is 11.1 Å². The summed E-state index contributed by atoms with van der Waals surface area (Å²) in [7, 11) is 0. The first-order valence-electron chi connectivity index (χ1n) is 9.83. The van der Waals surface area contributed by atoms with Crippen molar-refractivity contribution in [3.63, 3.8) is 0 Å². The van der Waals surface area contributed by atoms with Gasteiger partial charge in [-0.2, -0.15) is 0 Å². The van der Waals surface area contributed by atoms with Crippen molar-refractivity contribution < 1.29 is 42.9 Å². The number of carbonyl (C=O) groups is 4. The maximum Gasteiger partial charge on any atom is 0.338 e. The van der Waals surface area contributed by atoms with Crippen LogP contribution in [0.25, 0.3) is 0 Å². The molecule has 0 amide bonds. The lowest BCUT2D eigenvalue weighted by Crippen LogP contribution is -2.42. The number of hydrogen-bond acceptors (Lipinski definition) is 9.